The van der Waals surface area contributed by atoms with Gasteiger partial charge in [-0.25, -0.2) is 0 Å². The Hall–Kier alpha value is -3.41. The first-order valence-electron chi connectivity index (χ1n) is 10.0. The molecule has 0 saturated carbocycles. The maximum Gasteiger partial charge on any atom is 0.271 e. The van der Waals surface area contributed by atoms with Crippen LogP contribution in [0.3, 0.4) is 0 Å². The van der Waals surface area contributed by atoms with Crippen LogP contribution in [0.2, 0.25) is 0 Å². The second-order valence-electron chi connectivity index (χ2n) is 7.27. The summed E-state index contributed by atoms with van der Waals surface area (Å²) in [6.07, 6.45) is 9.98. The standard InChI is InChI=1S/C23H24N4O2/c28-22(18-5-7-20(8-6-18)27-13-3-1-2-4-14-27)26-21-15-19(16-25-23(21)29)17-9-11-24-12-10-17/h5-12,15-16H,1-4,13-14H2,(H,25,29)(H,26,28). The van der Waals surface area contributed by atoms with Crippen molar-refractivity contribution in [1.82, 2.24) is 9.97 Å². The molecule has 0 aliphatic carbocycles. The number of hydrogen-bond acceptors (Lipinski definition) is 4. The molecule has 0 unspecified atom stereocenters. The second-order valence-corrected chi connectivity index (χ2v) is 7.27. The van der Waals surface area contributed by atoms with Gasteiger partial charge in [-0.1, -0.05) is 12.8 Å². The number of amides is 1. The lowest BCUT2D eigenvalue weighted by Gasteiger charge is -2.22. The molecular weight excluding hydrogens is 364 g/mol. The first-order valence-corrected chi connectivity index (χ1v) is 10.0. The lowest BCUT2D eigenvalue weighted by atomic mass is 10.1. The van der Waals surface area contributed by atoms with Crippen molar-refractivity contribution in [2.24, 2.45) is 0 Å². The first kappa shape index (κ1) is 18.9. The first-order chi connectivity index (χ1) is 14.2. The van der Waals surface area contributed by atoms with Crippen LogP contribution in [0.1, 0.15) is 36.0 Å². The van der Waals surface area contributed by atoms with Crippen LogP contribution < -0.4 is 15.8 Å². The van der Waals surface area contributed by atoms with Crippen LogP contribution >= 0.6 is 0 Å². The van der Waals surface area contributed by atoms with E-state index in [0.29, 0.717) is 5.56 Å². The molecule has 1 fully saturated rings. The Bertz CT molecular complexity index is 1020. The number of nitrogens with zero attached hydrogens (tertiary/aromatic N) is 2. The molecule has 6 heteroatoms. The lowest BCUT2D eigenvalue weighted by molar-refractivity contribution is 0.102. The minimum atomic E-state index is -0.336. The van der Waals surface area contributed by atoms with E-state index in [1.54, 1.807) is 24.7 Å². The van der Waals surface area contributed by atoms with Crippen molar-refractivity contribution in [3.8, 4) is 11.1 Å². The smallest absolute Gasteiger partial charge is 0.271 e. The number of anilines is 2. The molecule has 1 aliphatic heterocycles. The van der Waals surface area contributed by atoms with Crippen molar-refractivity contribution in [3.63, 3.8) is 0 Å². The number of H-pyrrole nitrogens is 1. The van der Waals surface area contributed by atoms with Crippen LogP contribution in [0, 0.1) is 0 Å². The van der Waals surface area contributed by atoms with E-state index in [1.165, 1.54) is 25.7 Å². The van der Waals surface area contributed by atoms with Gasteiger partial charge in [-0.2, -0.15) is 0 Å². The van der Waals surface area contributed by atoms with E-state index in [2.05, 4.69) is 20.2 Å². The highest BCUT2D eigenvalue weighted by Gasteiger charge is 2.13. The number of benzene rings is 1. The summed E-state index contributed by atoms with van der Waals surface area (Å²) in [5.74, 6) is -0.301. The SMILES string of the molecule is O=C(Nc1cc(-c2ccncc2)c[nH]c1=O)c1ccc(N2CCCCCC2)cc1. The summed E-state index contributed by atoms with van der Waals surface area (Å²) in [4.78, 5) is 33.9. The summed E-state index contributed by atoms with van der Waals surface area (Å²) in [7, 11) is 0. The van der Waals surface area contributed by atoms with E-state index < -0.39 is 0 Å². The molecule has 4 rings (SSSR count). The number of pyridine rings is 2. The van der Waals surface area contributed by atoms with E-state index >= 15 is 0 Å². The molecule has 1 aliphatic rings. The Morgan fingerprint density at radius 1 is 0.931 bits per heavy atom. The zero-order chi connectivity index (χ0) is 20.1. The fourth-order valence-corrected chi connectivity index (χ4v) is 3.63. The Morgan fingerprint density at radius 2 is 1.62 bits per heavy atom. The molecule has 0 radical (unpaired) electrons. The molecule has 0 atom stereocenters. The molecule has 0 spiro atoms. The van der Waals surface area contributed by atoms with Crippen LogP contribution in [0.5, 0.6) is 0 Å². The summed E-state index contributed by atoms with van der Waals surface area (Å²) < 4.78 is 0. The fraction of sp³-hybridized carbons (Fsp3) is 0.261. The minimum Gasteiger partial charge on any atom is -0.372 e. The molecule has 148 valence electrons. The fourth-order valence-electron chi connectivity index (χ4n) is 3.63. The van der Waals surface area contributed by atoms with Gasteiger partial charge in [-0.05, 0) is 60.9 Å². The van der Waals surface area contributed by atoms with Gasteiger partial charge in [0.1, 0.15) is 5.69 Å². The molecule has 6 nitrogen and oxygen atoms in total. The Labute approximate surface area is 169 Å². The number of nitrogens with one attached hydrogen (secondary N) is 2. The van der Waals surface area contributed by atoms with Gasteiger partial charge in [0.05, 0.1) is 0 Å². The van der Waals surface area contributed by atoms with Crippen molar-refractivity contribution in [3.05, 3.63) is 77.0 Å². The van der Waals surface area contributed by atoms with Gasteiger partial charge in [-0.15, -0.1) is 0 Å². The van der Waals surface area contributed by atoms with Gasteiger partial charge in [0, 0.05) is 48.5 Å². The van der Waals surface area contributed by atoms with Crippen molar-refractivity contribution in [2.45, 2.75) is 25.7 Å². The van der Waals surface area contributed by atoms with Gasteiger partial charge in [0.15, 0.2) is 0 Å². The highest BCUT2D eigenvalue weighted by Crippen LogP contribution is 2.21. The van der Waals surface area contributed by atoms with Crippen molar-refractivity contribution < 1.29 is 4.79 Å². The molecular formula is C23H24N4O2. The zero-order valence-corrected chi connectivity index (χ0v) is 16.2. The molecule has 1 amide bonds. The van der Waals surface area contributed by atoms with E-state index in [4.69, 9.17) is 0 Å². The van der Waals surface area contributed by atoms with Crippen molar-refractivity contribution in [2.75, 3.05) is 23.3 Å². The number of carbonyl (C=O) groups is 1. The van der Waals surface area contributed by atoms with Gasteiger partial charge >= 0.3 is 0 Å². The molecule has 2 N–H and O–H groups in total. The third-order valence-electron chi connectivity index (χ3n) is 5.27. The van der Waals surface area contributed by atoms with Gasteiger partial charge in [-0.3, -0.25) is 14.6 Å². The van der Waals surface area contributed by atoms with Crippen molar-refractivity contribution >= 4 is 17.3 Å². The summed E-state index contributed by atoms with van der Waals surface area (Å²) in [6.45, 7) is 2.12. The monoisotopic (exact) mass is 388 g/mol. The van der Waals surface area contributed by atoms with Crippen LogP contribution in [0.15, 0.2) is 65.8 Å². The Kier molecular flexibility index (Phi) is 5.70. The summed E-state index contributed by atoms with van der Waals surface area (Å²) in [5, 5.41) is 2.73. The number of aromatic amines is 1. The largest absolute Gasteiger partial charge is 0.372 e. The predicted octanol–water partition coefficient (Wildman–Crippen LogP) is 4.07. The number of hydrogen-bond donors (Lipinski definition) is 2. The van der Waals surface area contributed by atoms with E-state index in [-0.39, 0.29) is 17.2 Å². The van der Waals surface area contributed by atoms with Crippen LogP contribution in [0.25, 0.3) is 11.1 Å². The average molecular weight is 388 g/mol. The van der Waals surface area contributed by atoms with Crippen LogP contribution in [0.4, 0.5) is 11.4 Å². The second kappa shape index (κ2) is 8.73. The maximum absolute atomic E-state index is 12.7. The highest BCUT2D eigenvalue weighted by molar-refractivity contribution is 6.04. The average Bonchev–Trinajstić information content (AvgIpc) is 3.05. The molecule has 29 heavy (non-hydrogen) atoms. The Balaban J connectivity index is 1.50. The van der Waals surface area contributed by atoms with Gasteiger partial charge in [0.2, 0.25) is 0 Å². The molecule has 2 aromatic heterocycles. The summed E-state index contributed by atoms with van der Waals surface area (Å²) in [6, 6.07) is 13.0. The summed E-state index contributed by atoms with van der Waals surface area (Å²) in [5.41, 5.74) is 3.27. The van der Waals surface area contributed by atoms with Gasteiger partial charge in [0.25, 0.3) is 11.5 Å². The lowest BCUT2D eigenvalue weighted by Crippen LogP contribution is -2.24. The predicted molar refractivity (Wildman–Crippen MR) is 115 cm³/mol. The summed E-state index contributed by atoms with van der Waals surface area (Å²) >= 11 is 0. The van der Waals surface area contributed by atoms with E-state index in [0.717, 1.165) is 29.9 Å². The minimum absolute atomic E-state index is 0.223. The third-order valence-corrected chi connectivity index (χ3v) is 5.27. The maximum atomic E-state index is 12.7. The zero-order valence-electron chi connectivity index (χ0n) is 16.2. The van der Waals surface area contributed by atoms with Crippen molar-refractivity contribution in [1.29, 1.82) is 0 Å². The van der Waals surface area contributed by atoms with E-state index in [1.807, 2.05) is 36.4 Å². The number of aromatic nitrogens is 2. The van der Waals surface area contributed by atoms with Gasteiger partial charge < -0.3 is 15.2 Å². The molecule has 1 aromatic carbocycles. The Morgan fingerprint density at radius 3 is 2.31 bits per heavy atom. The topological polar surface area (TPSA) is 78.1 Å². The normalized spacial score (nSPS) is 14.3. The number of carbonyl (C=O) groups excluding carboxylic acids is 1. The van der Waals surface area contributed by atoms with Crippen LogP contribution in [-0.2, 0) is 0 Å². The van der Waals surface area contributed by atoms with E-state index in [9.17, 15) is 9.59 Å². The van der Waals surface area contributed by atoms with Crippen LogP contribution in [-0.4, -0.2) is 29.0 Å². The molecule has 0 bridgehead atoms. The molecule has 3 heterocycles. The highest BCUT2D eigenvalue weighted by atomic mass is 16.2. The molecule has 3 aromatic rings. The molecule has 1 saturated heterocycles. The number of rotatable bonds is 4. The quantitative estimate of drug-likeness (QED) is 0.706. The third kappa shape index (κ3) is 4.54.